The molecule has 0 aliphatic rings. The average Bonchev–Trinajstić information content (AvgIpc) is 2.57. The normalized spacial score (nSPS) is 10.2. The van der Waals surface area contributed by atoms with Gasteiger partial charge in [-0.25, -0.2) is 0 Å². The smallest absolute Gasteiger partial charge is 0.178 e. The Morgan fingerprint density at radius 1 is 1.38 bits per heavy atom. The van der Waals surface area contributed by atoms with Crippen molar-refractivity contribution in [1.82, 2.24) is 20.6 Å². The van der Waals surface area contributed by atoms with E-state index < -0.39 is 0 Å². The minimum Gasteiger partial charge on any atom is -0.508 e. The molecule has 0 unspecified atom stereocenters. The second-order valence-corrected chi connectivity index (χ2v) is 2.67. The Bertz CT molecular complexity index is 385. The third-order valence-electron chi connectivity index (χ3n) is 1.66. The number of aromatic nitrogens is 4. The Morgan fingerprint density at radius 3 is 3.00 bits per heavy atom. The number of H-pyrrole nitrogens is 1. The SMILES string of the molecule is Oc1cccc(Cc2nn[nH]n2)c1. The van der Waals surface area contributed by atoms with Crippen molar-refractivity contribution in [2.45, 2.75) is 6.42 Å². The summed E-state index contributed by atoms with van der Waals surface area (Å²) < 4.78 is 0. The number of phenolic OH excluding ortho intramolecular Hbond substituents is 1. The second-order valence-electron chi connectivity index (χ2n) is 2.67. The predicted molar refractivity (Wildman–Crippen MR) is 45.1 cm³/mol. The molecule has 1 heterocycles. The quantitative estimate of drug-likeness (QED) is 0.698. The van der Waals surface area contributed by atoms with Gasteiger partial charge in [-0.2, -0.15) is 5.21 Å². The lowest BCUT2D eigenvalue weighted by atomic mass is 10.1. The van der Waals surface area contributed by atoms with Crippen LogP contribution in [-0.4, -0.2) is 25.7 Å². The molecule has 0 spiro atoms. The summed E-state index contributed by atoms with van der Waals surface area (Å²) in [5.41, 5.74) is 0.960. The van der Waals surface area contributed by atoms with E-state index in [0.29, 0.717) is 12.2 Å². The zero-order valence-corrected chi connectivity index (χ0v) is 6.81. The fourth-order valence-electron chi connectivity index (χ4n) is 1.11. The second kappa shape index (κ2) is 3.22. The van der Waals surface area contributed by atoms with E-state index in [-0.39, 0.29) is 5.75 Å². The number of benzene rings is 1. The van der Waals surface area contributed by atoms with Gasteiger partial charge in [-0.3, -0.25) is 0 Å². The van der Waals surface area contributed by atoms with Crippen molar-refractivity contribution in [3.63, 3.8) is 0 Å². The van der Waals surface area contributed by atoms with Gasteiger partial charge in [0.15, 0.2) is 5.82 Å². The molecule has 13 heavy (non-hydrogen) atoms. The van der Waals surface area contributed by atoms with Crippen LogP contribution in [0.15, 0.2) is 24.3 Å². The van der Waals surface area contributed by atoms with Gasteiger partial charge in [0.2, 0.25) is 0 Å². The highest BCUT2D eigenvalue weighted by atomic mass is 16.3. The van der Waals surface area contributed by atoms with E-state index >= 15 is 0 Å². The third-order valence-corrected chi connectivity index (χ3v) is 1.66. The van der Waals surface area contributed by atoms with E-state index in [4.69, 9.17) is 0 Å². The monoisotopic (exact) mass is 176 g/mol. The summed E-state index contributed by atoms with van der Waals surface area (Å²) in [6, 6.07) is 6.98. The van der Waals surface area contributed by atoms with Gasteiger partial charge in [-0.15, -0.1) is 10.2 Å². The van der Waals surface area contributed by atoms with Crippen LogP contribution in [0.25, 0.3) is 0 Å². The van der Waals surface area contributed by atoms with Gasteiger partial charge >= 0.3 is 0 Å². The lowest BCUT2D eigenvalue weighted by Crippen LogP contribution is -1.90. The van der Waals surface area contributed by atoms with Crippen LogP contribution in [0.5, 0.6) is 5.75 Å². The summed E-state index contributed by atoms with van der Waals surface area (Å²) in [5, 5.41) is 22.6. The molecule has 0 radical (unpaired) electrons. The van der Waals surface area contributed by atoms with Crippen molar-refractivity contribution >= 4 is 0 Å². The molecule has 2 N–H and O–H groups in total. The highest BCUT2D eigenvalue weighted by Gasteiger charge is 2.00. The fourth-order valence-corrected chi connectivity index (χ4v) is 1.11. The summed E-state index contributed by atoms with van der Waals surface area (Å²) in [5.74, 6) is 0.867. The Balaban J connectivity index is 2.19. The van der Waals surface area contributed by atoms with Crippen molar-refractivity contribution < 1.29 is 5.11 Å². The van der Waals surface area contributed by atoms with Gasteiger partial charge in [0, 0.05) is 6.42 Å². The molecule has 0 saturated heterocycles. The minimum atomic E-state index is 0.251. The molecular formula is C8H8N4O. The van der Waals surface area contributed by atoms with Crippen LogP contribution >= 0.6 is 0 Å². The number of nitrogens with zero attached hydrogens (tertiary/aromatic N) is 3. The lowest BCUT2D eigenvalue weighted by molar-refractivity contribution is 0.474. The highest BCUT2D eigenvalue weighted by molar-refractivity contribution is 5.28. The van der Waals surface area contributed by atoms with Crippen LogP contribution in [0.1, 0.15) is 11.4 Å². The van der Waals surface area contributed by atoms with E-state index in [0.717, 1.165) is 5.56 Å². The molecule has 0 aliphatic carbocycles. The first-order chi connectivity index (χ1) is 6.34. The lowest BCUT2D eigenvalue weighted by Gasteiger charge is -1.96. The summed E-state index contributed by atoms with van der Waals surface area (Å²) in [6.45, 7) is 0. The summed E-state index contributed by atoms with van der Waals surface area (Å²) >= 11 is 0. The van der Waals surface area contributed by atoms with Gasteiger partial charge < -0.3 is 5.11 Å². The molecule has 0 amide bonds. The topological polar surface area (TPSA) is 74.7 Å². The largest absolute Gasteiger partial charge is 0.508 e. The number of tetrazole rings is 1. The molecule has 1 aromatic carbocycles. The molecule has 66 valence electrons. The van der Waals surface area contributed by atoms with Crippen molar-refractivity contribution in [2.75, 3.05) is 0 Å². The minimum absolute atomic E-state index is 0.251. The van der Waals surface area contributed by atoms with Crippen LogP contribution in [0.3, 0.4) is 0 Å². The van der Waals surface area contributed by atoms with Gasteiger partial charge in [-0.1, -0.05) is 17.3 Å². The molecule has 1 aromatic heterocycles. The molecule has 0 bridgehead atoms. The fraction of sp³-hybridized carbons (Fsp3) is 0.125. The number of rotatable bonds is 2. The van der Waals surface area contributed by atoms with Crippen LogP contribution in [0, 0.1) is 0 Å². The van der Waals surface area contributed by atoms with E-state index in [1.165, 1.54) is 0 Å². The standard InChI is InChI=1S/C8H8N4O/c13-7-3-1-2-6(4-7)5-8-9-11-12-10-8/h1-4,13H,5H2,(H,9,10,11,12). The molecule has 0 aliphatic heterocycles. The zero-order chi connectivity index (χ0) is 9.10. The summed E-state index contributed by atoms with van der Waals surface area (Å²) in [4.78, 5) is 0. The number of phenols is 1. The van der Waals surface area contributed by atoms with Crippen LogP contribution in [0.4, 0.5) is 0 Å². The molecule has 5 heteroatoms. The number of nitrogens with one attached hydrogen (secondary N) is 1. The van der Waals surface area contributed by atoms with E-state index in [2.05, 4.69) is 20.6 Å². The van der Waals surface area contributed by atoms with Gasteiger partial charge in [0.25, 0.3) is 0 Å². The highest BCUT2D eigenvalue weighted by Crippen LogP contribution is 2.12. The van der Waals surface area contributed by atoms with Crippen LogP contribution < -0.4 is 0 Å². The van der Waals surface area contributed by atoms with Crippen LogP contribution in [0.2, 0.25) is 0 Å². The van der Waals surface area contributed by atoms with Gasteiger partial charge in [0.1, 0.15) is 5.75 Å². The maximum absolute atomic E-state index is 9.18. The first-order valence-electron chi connectivity index (χ1n) is 3.85. The zero-order valence-electron chi connectivity index (χ0n) is 6.81. The number of hydrogen-bond acceptors (Lipinski definition) is 4. The summed E-state index contributed by atoms with van der Waals surface area (Å²) in [6.07, 6.45) is 0.574. The maximum atomic E-state index is 9.18. The number of aromatic amines is 1. The van der Waals surface area contributed by atoms with E-state index in [1.54, 1.807) is 18.2 Å². The number of hydrogen-bond donors (Lipinski definition) is 2. The molecule has 0 saturated carbocycles. The Labute approximate surface area is 74.4 Å². The molecular weight excluding hydrogens is 168 g/mol. The van der Waals surface area contributed by atoms with Crippen molar-refractivity contribution in [3.8, 4) is 5.75 Å². The first kappa shape index (κ1) is 7.72. The predicted octanol–water partition coefficient (Wildman–Crippen LogP) is 0.496. The third kappa shape index (κ3) is 1.81. The molecule has 2 rings (SSSR count). The first-order valence-corrected chi connectivity index (χ1v) is 3.85. The van der Waals surface area contributed by atoms with E-state index in [9.17, 15) is 5.11 Å². The van der Waals surface area contributed by atoms with Crippen molar-refractivity contribution in [1.29, 1.82) is 0 Å². The molecule has 0 fully saturated rings. The van der Waals surface area contributed by atoms with Gasteiger partial charge in [0.05, 0.1) is 0 Å². The molecule has 5 nitrogen and oxygen atoms in total. The van der Waals surface area contributed by atoms with E-state index in [1.807, 2.05) is 6.07 Å². The Hall–Kier alpha value is -1.91. The van der Waals surface area contributed by atoms with Crippen molar-refractivity contribution in [2.24, 2.45) is 0 Å². The molecule has 2 aromatic rings. The molecule has 0 atom stereocenters. The van der Waals surface area contributed by atoms with Crippen molar-refractivity contribution in [3.05, 3.63) is 35.7 Å². The number of aromatic hydroxyl groups is 1. The maximum Gasteiger partial charge on any atom is 0.178 e. The van der Waals surface area contributed by atoms with Gasteiger partial charge in [-0.05, 0) is 17.7 Å². The average molecular weight is 176 g/mol. The Kier molecular flexibility index (Phi) is 1.91. The summed E-state index contributed by atoms with van der Waals surface area (Å²) in [7, 11) is 0. The van der Waals surface area contributed by atoms with Crippen LogP contribution in [-0.2, 0) is 6.42 Å². The Morgan fingerprint density at radius 2 is 2.31 bits per heavy atom.